The van der Waals surface area contributed by atoms with Crippen molar-refractivity contribution in [3.05, 3.63) is 17.1 Å². The molecule has 20 heavy (non-hydrogen) atoms. The fourth-order valence-corrected chi connectivity index (χ4v) is 2.99. The van der Waals surface area contributed by atoms with Gasteiger partial charge in [-0.25, -0.2) is 9.97 Å². The lowest BCUT2D eigenvalue weighted by Crippen LogP contribution is -2.23. The number of nitrogen functional groups attached to an aromatic ring is 1. The lowest BCUT2D eigenvalue weighted by Gasteiger charge is -2.28. The fourth-order valence-electron chi connectivity index (χ4n) is 2.99. The number of aryl methyl sites for hydroxylation is 1. The van der Waals surface area contributed by atoms with Gasteiger partial charge in [0.1, 0.15) is 17.5 Å². The molecule has 1 saturated carbocycles. The Morgan fingerprint density at radius 1 is 1.30 bits per heavy atom. The minimum atomic E-state index is -0.599. The summed E-state index contributed by atoms with van der Waals surface area (Å²) in [4.78, 5) is 20.0. The topological polar surface area (TPSA) is 104 Å². The number of methoxy groups -OCH3 is 1. The van der Waals surface area contributed by atoms with Crippen molar-refractivity contribution in [3.63, 3.8) is 0 Å². The molecule has 1 heterocycles. The van der Waals surface area contributed by atoms with Crippen LogP contribution in [0.1, 0.15) is 60.1 Å². The molecule has 0 spiro atoms. The average molecular weight is 278 g/mol. The van der Waals surface area contributed by atoms with Crippen LogP contribution in [0.2, 0.25) is 0 Å². The molecule has 110 valence electrons. The van der Waals surface area contributed by atoms with Crippen LogP contribution < -0.4 is 11.5 Å². The lowest BCUT2D eigenvalue weighted by molar-refractivity contribution is 0.0289. The normalized spacial score (nSPS) is 17.9. The largest absolute Gasteiger partial charge is 0.383 e. The monoisotopic (exact) mass is 278 g/mol. The number of hydrogen-bond donors (Lipinski definition) is 2. The molecular formula is C14H22N4O2. The Labute approximate surface area is 118 Å². The smallest absolute Gasteiger partial charge is 0.254 e. The molecule has 1 aliphatic carbocycles. The molecule has 1 atom stereocenters. The van der Waals surface area contributed by atoms with Crippen molar-refractivity contribution in [2.75, 3.05) is 12.8 Å². The Bertz CT molecular complexity index is 475. The molecule has 1 unspecified atom stereocenters. The van der Waals surface area contributed by atoms with Gasteiger partial charge >= 0.3 is 0 Å². The van der Waals surface area contributed by atoms with Crippen molar-refractivity contribution in [3.8, 4) is 0 Å². The van der Waals surface area contributed by atoms with E-state index < -0.39 is 5.91 Å². The number of hydrogen-bond acceptors (Lipinski definition) is 5. The first-order chi connectivity index (χ1) is 9.54. The van der Waals surface area contributed by atoms with Crippen LogP contribution in [0.3, 0.4) is 0 Å². The fraction of sp³-hybridized carbons (Fsp3) is 0.643. The van der Waals surface area contributed by atoms with E-state index in [0.29, 0.717) is 17.4 Å². The molecule has 0 bridgehead atoms. The molecule has 0 aliphatic heterocycles. The van der Waals surface area contributed by atoms with Gasteiger partial charge < -0.3 is 16.2 Å². The Kier molecular flexibility index (Phi) is 4.54. The maximum absolute atomic E-state index is 11.3. The summed E-state index contributed by atoms with van der Waals surface area (Å²) in [6.45, 7) is 1.72. The highest BCUT2D eigenvalue weighted by atomic mass is 16.5. The zero-order valence-electron chi connectivity index (χ0n) is 12.1. The molecule has 2 rings (SSSR count). The molecule has 0 aromatic carbocycles. The number of aromatic nitrogens is 2. The van der Waals surface area contributed by atoms with Gasteiger partial charge in [-0.2, -0.15) is 0 Å². The van der Waals surface area contributed by atoms with E-state index in [2.05, 4.69) is 9.97 Å². The predicted octanol–water partition coefficient (Wildman–Crippen LogP) is 1.73. The van der Waals surface area contributed by atoms with Gasteiger partial charge in [-0.1, -0.05) is 19.3 Å². The molecule has 1 amide bonds. The maximum Gasteiger partial charge on any atom is 0.254 e. The minimum Gasteiger partial charge on any atom is -0.383 e. The van der Waals surface area contributed by atoms with Crippen LogP contribution in [0, 0.1) is 12.8 Å². The summed E-state index contributed by atoms with van der Waals surface area (Å²) < 4.78 is 5.59. The number of amides is 1. The van der Waals surface area contributed by atoms with Crippen LogP contribution in [-0.2, 0) is 4.74 Å². The Morgan fingerprint density at radius 2 is 1.95 bits per heavy atom. The van der Waals surface area contributed by atoms with E-state index in [-0.39, 0.29) is 17.5 Å². The molecular weight excluding hydrogens is 256 g/mol. The van der Waals surface area contributed by atoms with Gasteiger partial charge in [-0.05, 0) is 25.7 Å². The van der Waals surface area contributed by atoms with Crippen molar-refractivity contribution in [1.29, 1.82) is 0 Å². The summed E-state index contributed by atoms with van der Waals surface area (Å²) in [5, 5.41) is 0. The lowest BCUT2D eigenvalue weighted by atomic mass is 9.85. The average Bonchev–Trinajstić information content (AvgIpc) is 2.39. The number of anilines is 1. The molecule has 1 aromatic heterocycles. The third-order valence-corrected chi connectivity index (χ3v) is 3.97. The van der Waals surface area contributed by atoms with Crippen LogP contribution in [0.5, 0.6) is 0 Å². The van der Waals surface area contributed by atoms with Gasteiger partial charge in [0.15, 0.2) is 5.82 Å². The number of nitrogens with two attached hydrogens (primary N) is 2. The standard InChI is InChI=1S/C14H22N4O2/c1-8-10(13(16)19)12(15)18-14(17-8)11(20-2)9-6-4-3-5-7-9/h9,11H,3-7H2,1-2H3,(H2,16,19)(H2,15,17,18). The maximum atomic E-state index is 11.3. The summed E-state index contributed by atoms with van der Waals surface area (Å²) in [6, 6.07) is 0. The molecule has 6 nitrogen and oxygen atoms in total. The first kappa shape index (κ1) is 14.7. The second kappa shape index (κ2) is 6.17. The first-order valence-corrected chi connectivity index (χ1v) is 7.01. The second-order valence-corrected chi connectivity index (χ2v) is 5.35. The minimum absolute atomic E-state index is 0.137. The van der Waals surface area contributed by atoms with E-state index in [1.165, 1.54) is 19.3 Å². The summed E-state index contributed by atoms with van der Waals surface area (Å²) in [5.74, 6) is 0.502. The van der Waals surface area contributed by atoms with E-state index in [1.807, 2.05) is 0 Å². The number of rotatable bonds is 4. The molecule has 4 N–H and O–H groups in total. The number of primary amides is 1. The third-order valence-electron chi connectivity index (χ3n) is 3.97. The first-order valence-electron chi connectivity index (χ1n) is 7.01. The number of carbonyl (C=O) groups is 1. The van der Waals surface area contributed by atoms with Crippen molar-refractivity contribution in [1.82, 2.24) is 9.97 Å². The second-order valence-electron chi connectivity index (χ2n) is 5.35. The molecule has 6 heteroatoms. The van der Waals surface area contributed by atoms with E-state index in [9.17, 15) is 4.79 Å². The predicted molar refractivity (Wildman–Crippen MR) is 76.0 cm³/mol. The van der Waals surface area contributed by atoms with Gasteiger partial charge in [0.25, 0.3) is 5.91 Å². The van der Waals surface area contributed by atoms with Crippen molar-refractivity contribution in [2.45, 2.75) is 45.1 Å². The highest BCUT2D eigenvalue weighted by Crippen LogP contribution is 2.35. The van der Waals surface area contributed by atoms with Crippen molar-refractivity contribution >= 4 is 11.7 Å². The van der Waals surface area contributed by atoms with Crippen molar-refractivity contribution in [2.24, 2.45) is 11.7 Å². The molecule has 0 radical (unpaired) electrons. The van der Waals surface area contributed by atoms with Gasteiger partial charge in [-0.15, -0.1) is 0 Å². The summed E-state index contributed by atoms with van der Waals surface area (Å²) in [5.41, 5.74) is 11.8. The van der Waals surface area contributed by atoms with E-state index in [0.717, 1.165) is 12.8 Å². The van der Waals surface area contributed by atoms with Crippen LogP contribution in [0.4, 0.5) is 5.82 Å². The highest BCUT2D eigenvalue weighted by Gasteiger charge is 2.28. The molecule has 1 aliphatic rings. The van der Waals surface area contributed by atoms with Gasteiger partial charge in [0.2, 0.25) is 0 Å². The van der Waals surface area contributed by atoms with Crippen LogP contribution in [-0.4, -0.2) is 23.0 Å². The van der Waals surface area contributed by atoms with E-state index in [4.69, 9.17) is 16.2 Å². The molecule has 1 fully saturated rings. The van der Waals surface area contributed by atoms with Crippen LogP contribution in [0.25, 0.3) is 0 Å². The SMILES string of the molecule is COC(c1nc(C)c(C(N)=O)c(N)n1)C1CCCCC1. The Hall–Kier alpha value is -1.69. The van der Waals surface area contributed by atoms with E-state index in [1.54, 1.807) is 14.0 Å². The zero-order chi connectivity index (χ0) is 14.7. The summed E-state index contributed by atoms with van der Waals surface area (Å²) in [6.07, 6.45) is 5.74. The highest BCUT2D eigenvalue weighted by molar-refractivity contribution is 5.98. The van der Waals surface area contributed by atoms with E-state index >= 15 is 0 Å². The summed E-state index contributed by atoms with van der Waals surface area (Å²) in [7, 11) is 1.66. The van der Waals surface area contributed by atoms with Crippen molar-refractivity contribution < 1.29 is 9.53 Å². The number of nitrogens with zero attached hydrogens (tertiary/aromatic N) is 2. The molecule has 0 saturated heterocycles. The quantitative estimate of drug-likeness (QED) is 0.872. The van der Waals surface area contributed by atoms with Crippen LogP contribution >= 0.6 is 0 Å². The number of carbonyl (C=O) groups excluding carboxylic acids is 1. The Balaban J connectivity index is 2.32. The number of ether oxygens (including phenoxy) is 1. The van der Waals surface area contributed by atoms with Crippen LogP contribution in [0.15, 0.2) is 0 Å². The zero-order valence-corrected chi connectivity index (χ0v) is 12.1. The van der Waals surface area contributed by atoms with Gasteiger partial charge in [0.05, 0.1) is 5.69 Å². The van der Waals surface area contributed by atoms with Gasteiger partial charge in [-0.3, -0.25) is 4.79 Å². The van der Waals surface area contributed by atoms with Gasteiger partial charge in [0, 0.05) is 7.11 Å². The Morgan fingerprint density at radius 3 is 2.45 bits per heavy atom. The molecule has 1 aromatic rings. The third kappa shape index (κ3) is 2.90. The summed E-state index contributed by atoms with van der Waals surface area (Å²) >= 11 is 0.